The van der Waals surface area contributed by atoms with Crippen molar-refractivity contribution in [3.05, 3.63) is 42.5 Å². The first-order valence-electron chi connectivity index (χ1n) is 8.52. The molecule has 5 heteroatoms. The van der Waals surface area contributed by atoms with Crippen molar-refractivity contribution in [2.75, 3.05) is 21.3 Å². The van der Waals surface area contributed by atoms with Gasteiger partial charge in [-0.1, -0.05) is 35.5 Å². The highest BCUT2D eigenvalue weighted by Crippen LogP contribution is 2.35. The number of hydrogen-bond donors (Lipinski definition) is 0. The van der Waals surface area contributed by atoms with Crippen molar-refractivity contribution in [2.45, 2.75) is 24.9 Å². The summed E-state index contributed by atoms with van der Waals surface area (Å²) >= 11 is 0. The van der Waals surface area contributed by atoms with Gasteiger partial charge in [-0.05, 0) is 12.1 Å². The maximum atomic E-state index is 12.0. The lowest BCUT2D eigenvalue weighted by Crippen LogP contribution is -2.60. The molecule has 0 aliphatic carbocycles. The molecule has 1 aliphatic heterocycles. The van der Waals surface area contributed by atoms with E-state index in [9.17, 15) is 4.79 Å². The predicted molar refractivity (Wildman–Crippen MR) is 101 cm³/mol. The molecular formula is C20H24O4Si. The van der Waals surface area contributed by atoms with Gasteiger partial charge in [0.25, 0.3) is 0 Å². The molecule has 132 valence electrons. The predicted octanol–water partition coefficient (Wildman–Crippen LogP) is 2.64. The molecule has 0 amide bonds. The van der Waals surface area contributed by atoms with E-state index in [0.717, 1.165) is 28.8 Å². The minimum Gasteiger partial charge on any atom is -0.497 e. The summed E-state index contributed by atoms with van der Waals surface area (Å²) in [7, 11) is 2.83. The Hall–Kier alpha value is -2.27. The summed E-state index contributed by atoms with van der Waals surface area (Å²) in [6.07, 6.45) is 1.25. The summed E-state index contributed by atoms with van der Waals surface area (Å²) in [6, 6.07) is 16.2. The molecule has 0 bridgehead atoms. The summed E-state index contributed by atoms with van der Waals surface area (Å²) in [4.78, 5) is 12.0. The maximum Gasteiger partial charge on any atom is 0.132 e. The van der Waals surface area contributed by atoms with Gasteiger partial charge in [-0.15, -0.1) is 0 Å². The monoisotopic (exact) mass is 356 g/mol. The normalized spacial score (nSPS) is 16.4. The fourth-order valence-electron chi connectivity index (χ4n) is 3.87. The van der Waals surface area contributed by atoms with Crippen molar-refractivity contribution in [3.8, 4) is 17.2 Å². The van der Waals surface area contributed by atoms with Crippen molar-refractivity contribution in [1.29, 1.82) is 0 Å². The molecule has 0 unspecified atom stereocenters. The van der Waals surface area contributed by atoms with Gasteiger partial charge in [0.1, 0.15) is 31.1 Å². The fourth-order valence-corrected chi connectivity index (χ4v) is 9.02. The van der Waals surface area contributed by atoms with E-state index in [1.165, 1.54) is 5.19 Å². The summed E-state index contributed by atoms with van der Waals surface area (Å²) in [6.45, 7) is 0. The van der Waals surface area contributed by atoms with Crippen LogP contribution in [0.5, 0.6) is 17.2 Å². The van der Waals surface area contributed by atoms with Gasteiger partial charge in [0.2, 0.25) is 0 Å². The molecule has 1 saturated heterocycles. The number of carbonyl (C=O) groups excluding carboxylic acids is 1. The molecule has 0 spiro atoms. The smallest absolute Gasteiger partial charge is 0.132 e. The van der Waals surface area contributed by atoms with E-state index in [0.29, 0.717) is 24.4 Å². The Kier molecular flexibility index (Phi) is 5.13. The van der Waals surface area contributed by atoms with Gasteiger partial charge in [0, 0.05) is 30.2 Å². The zero-order valence-corrected chi connectivity index (χ0v) is 16.0. The number of rotatable bonds is 5. The van der Waals surface area contributed by atoms with Crippen molar-refractivity contribution in [3.63, 3.8) is 0 Å². The Morgan fingerprint density at radius 3 is 1.88 bits per heavy atom. The maximum absolute atomic E-state index is 12.0. The number of ether oxygens (including phenoxy) is 3. The lowest BCUT2D eigenvalue weighted by molar-refractivity contribution is -0.118. The highest BCUT2D eigenvalue weighted by atomic mass is 28.3. The molecule has 2 aromatic rings. The highest BCUT2D eigenvalue weighted by molar-refractivity contribution is 7.03. The quantitative estimate of drug-likeness (QED) is 0.773. The van der Waals surface area contributed by atoms with Crippen LogP contribution in [0.3, 0.4) is 0 Å². The summed E-state index contributed by atoms with van der Waals surface area (Å²) < 4.78 is 16.9. The van der Waals surface area contributed by atoms with Crippen molar-refractivity contribution in [1.82, 2.24) is 0 Å². The molecule has 3 rings (SSSR count). The van der Waals surface area contributed by atoms with E-state index in [4.69, 9.17) is 14.2 Å². The molecule has 0 N–H and O–H groups in total. The van der Waals surface area contributed by atoms with Crippen LogP contribution in [0.2, 0.25) is 12.1 Å². The molecule has 0 atom stereocenters. The standard InChI is InChI=1S/C20H24O4Si/c1-22-16-13-18(23-2)20(19(14-16)24-3)25(11-9-15(21)10-12-25)17-7-5-4-6-8-17/h4-8,13-14H,9-12H2,1-3H3. The average molecular weight is 356 g/mol. The van der Waals surface area contributed by atoms with E-state index in [1.807, 2.05) is 18.2 Å². The Labute approximate surface area is 149 Å². The van der Waals surface area contributed by atoms with E-state index in [-0.39, 0.29) is 0 Å². The van der Waals surface area contributed by atoms with Crippen molar-refractivity contribution in [2.24, 2.45) is 0 Å². The average Bonchev–Trinajstić information content (AvgIpc) is 2.68. The molecule has 1 aliphatic rings. The Morgan fingerprint density at radius 1 is 0.840 bits per heavy atom. The van der Waals surface area contributed by atoms with Gasteiger partial charge < -0.3 is 14.2 Å². The number of methoxy groups -OCH3 is 3. The third-order valence-corrected chi connectivity index (χ3v) is 10.3. The SMILES string of the molecule is COc1cc(OC)c([Si]2(c3ccccc3)CCC(=O)CC2)c(OC)c1. The fraction of sp³-hybridized carbons (Fsp3) is 0.350. The second kappa shape index (κ2) is 7.31. The number of Topliss-reactive ketones (excluding diaryl/α,β-unsaturated/α-hetero) is 1. The second-order valence-electron chi connectivity index (χ2n) is 6.39. The molecule has 1 fully saturated rings. The lowest BCUT2D eigenvalue weighted by atomic mass is 10.2. The molecule has 0 radical (unpaired) electrons. The number of benzene rings is 2. The molecule has 4 nitrogen and oxygen atoms in total. The molecular weight excluding hydrogens is 332 g/mol. The molecule has 1 heterocycles. The van der Waals surface area contributed by atoms with Crippen LogP contribution >= 0.6 is 0 Å². The molecule has 0 saturated carbocycles. The van der Waals surface area contributed by atoms with E-state index < -0.39 is 8.07 Å². The Balaban J connectivity index is 2.25. The first kappa shape index (κ1) is 17.5. The van der Waals surface area contributed by atoms with E-state index >= 15 is 0 Å². The van der Waals surface area contributed by atoms with Crippen LogP contribution in [-0.4, -0.2) is 35.2 Å². The Bertz CT molecular complexity index is 723. The number of ketones is 1. The third-order valence-electron chi connectivity index (χ3n) is 5.18. The second-order valence-corrected chi connectivity index (χ2v) is 10.6. The van der Waals surface area contributed by atoms with Crippen molar-refractivity contribution < 1.29 is 19.0 Å². The molecule has 25 heavy (non-hydrogen) atoms. The first-order valence-corrected chi connectivity index (χ1v) is 10.9. The highest BCUT2D eigenvalue weighted by Gasteiger charge is 2.44. The summed E-state index contributed by atoms with van der Waals surface area (Å²) in [5, 5.41) is 2.46. The van der Waals surface area contributed by atoms with Gasteiger partial charge in [0.05, 0.1) is 21.3 Å². The zero-order valence-electron chi connectivity index (χ0n) is 15.0. The zero-order chi connectivity index (χ0) is 17.9. The van der Waals surface area contributed by atoms with E-state index in [2.05, 4.69) is 24.3 Å². The Morgan fingerprint density at radius 2 is 1.40 bits per heavy atom. The minimum absolute atomic E-state index is 0.352. The van der Waals surface area contributed by atoms with Gasteiger partial charge in [0.15, 0.2) is 0 Å². The topological polar surface area (TPSA) is 44.8 Å². The van der Waals surface area contributed by atoms with Crippen LogP contribution < -0.4 is 24.6 Å². The first-order chi connectivity index (χ1) is 12.1. The summed E-state index contributed by atoms with van der Waals surface area (Å²) in [5.74, 6) is 2.65. The summed E-state index contributed by atoms with van der Waals surface area (Å²) in [5.41, 5.74) is 0. The van der Waals surface area contributed by atoms with Gasteiger partial charge >= 0.3 is 0 Å². The largest absolute Gasteiger partial charge is 0.497 e. The van der Waals surface area contributed by atoms with Crippen molar-refractivity contribution >= 4 is 24.2 Å². The van der Waals surface area contributed by atoms with Crippen LogP contribution in [0.25, 0.3) is 0 Å². The van der Waals surface area contributed by atoms with Crippen LogP contribution in [-0.2, 0) is 4.79 Å². The lowest BCUT2D eigenvalue weighted by Gasteiger charge is -2.37. The third kappa shape index (κ3) is 3.16. The molecule has 2 aromatic carbocycles. The van der Waals surface area contributed by atoms with Gasteiger partial charge in [-0.25, -0.2) is 0 Å². The van der Waals surface area contributed by atoms with Crippen LogP contribution in [0.15, 0.2) is 42.5 Å². The van der Waals surface area contributed by atoms with Gasteiger partial charge in [-0.2, -0.15) is 0 Å². The van der Waals surface area contributed by atoms with Gasteiger partial charge in [-0.3, -0.25) is 4.79 Å². The minimum atomic E-state index is -2.17. The van der Waals surface area contributed by atoms with Crippen LogP contribution in [0.4, 0.5) is 0 Å². The van der Waals surface area contributed by atoms with E-state index in [1.54, 1.807) is 21.3 Å². The number of carbonyl (C=O) groups is 1. The number of hydrogen-bond acceptors (Lipinski definition) is 4. The van der Waals surface area contributed by atoms with Crippen LogP contribution in [0, 0.1) is 0 Å². The van der Waals surface area contributed by atoms with Crippen LogP contribution in [0.1, 0.15) is 12.8 Å². The molecule has 0 aromatic heterocycles.